The van der Waals surface area contributed by atoms with Gasteiger partial charge in [0.15, 0.2) is 12.2 Å². The quantitative estimate of drug-likeness (QED) is 0.0169. The van der Waals surface area contributed by atoms with Gasteiger partial charge in [-0.25, -0.2) is 9.13 Å². The number of unbranched alkanes of at least 4 members (excludes halogenated alkanes) is 24. The number of carbonyl (C=O) groups excluding carboxylic acids is 4. The van der Waals surface area contributed by atoms with Crippen molar-refractivity contribution in [1.29, 1.82) is 0 Å². The molecule has 0 rings (SSSR count). The van der Waals surface area contributed by atoms with Gasteiger partial charge in [0.1, 0.15) is 19.3 Å². The monoisotopic (exact) mass is 1420 g/mol. The standard InChI is InChI=1S/C79H134O17P2/c1-5-9-13-17-21-25-29-32-34-35-36-37-39-42-45-48-52-56-60-64-77(82)90-70-75(96-79(84)66-62-58-54-50-46-40-31-27-23-19-15-11-7-3)72-94-98(87,88)92-68-73(80)67-91-97(85,86)93-71-74(95-78(83)65-61-57-53-49-43-28-24-20-16-12-8-4)69-89-76(81)63-59-55-51-47-44-41-38-33-30-26-22-18-14-10-6-2/h9,13,15,19-22,24-27,31-34,36-38,42,45,73-75,80H,5-8,10-12,14,16-18,23,28-30,35,39-41,43-44,46-72H2,1-4H3,(H,85,86)(H,87,88)/b13-9-,19-15-,24-20-,25-21-,26-22-,31-27-,34-32-,37-36-,38-33-,45-42-. The van der Waals surface area contributed by atoms with Crippen LogP contribution in [0.4, 0.5) is 0 Å². The van der Waals surface area contributed by atoms with Crippen LogP contribution in [0.2, 0.25) is 0 Å². The minimum absolute atomic E-state index is 0.0682. The first-order valence-corrected chi connectivity index (χ1v) is 40.8. The van der Waals surface area contributed by atoms with E-state index in [0.717, 1.165) is 186 Å². The zero-order valence-electron chi connectivity index (χ0n) is 61.2. The van der Waals surface area contributed by atoms with E-state index in [1.165, 1.54) is 32.1 Å². The highest BCUT2D eigenvalue weighted by Crippen LogP contribution is 2.45. The molecule has 0 aliphatic heterocycles. The number of allylic oxidation sites excluding steroid dienone is 20. The second-order valence-corrected chi connectivity index (χ2v) is 27.8. The minimum atomic E-state index is -4.99. The van der Waals surface area contributed by atoms with Crippen molar-refractivity contribution in [2.24, 2.45) is 0 Å². The van der Waals surface area contributed by atoms with Gasteiger partial charge in [0.05, 0.1) is 26.4 Å². The van der Waals surface area contributed by atoms with Gasteiger partial charge in [-0.1, -0.05) is 246 Å². The maximum absolute atomic E-state index is 13.1. The lowest BCUT2D eigenvalue weighted by Crippen LogP contribution is -2.30. The van der Waals surface area contributed by atoms with Crippen molar-refractivity contribution < 1.29 is 80.2 Å². The molecule has 3 N–H and O–H groups in total. The number of aliphatic hydroxyl groups excluding tert-OH is 1. The molecule has 562 valence electrons. The number of phosphoric acid groups is 2. The third-order valence-corrected chi connectivity index (χ3v) is 17.3. The second-order valence-electron chi connectivity index (χ2n) is 24.8. The maximum atomic E-state index is 13.1. The third kappa shape index (κ3) is 69.9. The molecule has 0 saturated carbocycles. The highest BCUT2D eigenvalue weighted by atomic mass is 31.2. The van der Waals surface area contributed by atoms with Crippen molar-refractivity contribution in [3.8, 4) is 0 Å². The van der Waals surface area contributed by atoms with E-state index in [-0.39, 0.29) is 25.7 Å². The van der Waals surface area contributed by atoms with Crippen LogP contribution in [0, 0.1) is 0 Å². The summed E-state index contributed by atoms with van der Waals surface area (Å²) >= 11 is 0. The highest BCUT2D eigenvalue weighted by molar-refractivity contribution is 7.47. The molecule has 0 spiro atoms. The van der Waals surface area contributed by atoms with Gasteiger partial charge in [-0.15, -0.1) is 0 Å². The van der Waals surface area contributed by atoms with Gasteiger partial charge < -0.3 is 33.8 Å². The molecule has 0 aromatic carbocycles. The largest absolute Gasteiger partial charge is 0.472 e. The summed E-state index contributed by atoms with van der Waals surface area (Å²) in [4.78, 5) is 72.8. The van der Waals surface area contributed by atoms with Crippen molar-refractivity contribution >= 4 is 39.5 Å². The molecule has 0 fully saturated rings. The smallest absolute Gasteiger partial charge is 0.462 e. The zero-order valence-corrected chi connectivity index (χ0v) is 63.0. The van der Waals surface area contributed by atoms with Crippen LogP contribution in [-0.4, -0.2) is 96.7 Å². The minimum Gasteiger partial charge on any atom is -0.462 e. The van der Waals surface area contributed by atoms with Crippen LogP contribution < -0.4 is 0 Å². The van der Waals surface area contributed by atoms with E-state index in [4.69, 9.17) is 37.0 Å². The average Bonchev–Trinajstić information content (AvgIpc) is 0.972. The summed E-state index contributed by atoms with van der Waals surface area (Å²) in [5.41, 5.74) is 0. The van der Waals surface area contributed by atoms with Crippen LogP contribution in [0.5, 0.6) is 0 Å². The average molecular weight is 1420 g/mol. The molecule has 0 saturated heterocycles. The van der Waals surface area contributed by atoms with Gasteiger partial charge in [0.2, 0.25) is 0 Å². The fourth-order valence-corrected chi connectivity index (χ4v) is 11.2. The van der Waals surface area contributed by atoms with Gasteiger partial charge in [-0.2, -0.15) is 0 Å². The van der Waals surface area contributed by atoms with Gasteiger partial charge in [0, 0.05) is 25.7 Å². The first-order chi connectivity index (χ1) is 47.7. The summed E-state index contributed by atoms with van der Waals surface area (Å²) in [6.07, 6.45) is 76.3. The van der Waals surface area contributed by atoms with Gasteiger partial charge in [-0.3, -0.25) is 37.3 Å². The summed E-state index contributed by atoms with van der Waals surface area (Å²) in [5, 5.41) is 10.6. The SMILES string of the molecule is CC/C=C\C/C=C\C/C=C\C/C=C\C/C=C\CCCCCC(=O)OCC(COP(=O)(O)OCC(O)COP(=O)(O)OCC(COC(=O)CCCCCCC/C=C\C/C=C\CCCCC)OC(=O)CCCCCCC/C=C\CCCC)OC(=O)CCCCCCC/C=C\C/C=C\CCC. The molecule has 17 nitrogen and oxygen atoms in total. The van der Waals surface area contributed by atoms with E-state index in [1.807, 2.05) is 0 Å². The van der Waals surface area contributed by atoms with Gasteiger partial charge in [-0.05, 0) is 148 Å². The topological polar surface area (TPSA) is 237 Å². The van der Waals surface area contributed by atoms with Crippen molar-refractivity contribution in [2.75, 3.05) is 39.6 Å². The summed E-state index contributed by atoms with van der Waals surface area (Å²) in [6.45, 7) is 4.54. The molecule has 0 aromatic rings. The predicted molar refractivity (Wildman–Crippen MR) is 399 cm³/mol. The predicted octanol–water partition coefficient (Wildman–Crippen LogP) is 21.6. The number of ether oxygens (including phenoxy) is 4. The molecule has 19 heteroatoms. The van der Waals surface area contributed by atoms with Crippen molar-refractivity contribution in [2.45, 2.75) is 316 Å². The van der Waals surface area contributed by atoms with E-state index < -0.39 is 97.5 Å². The molecule has 0 aliphatic carbocycles. The molecule has 0 radical (unpaired) electrons. The Labute approximate surface area is 593 Å². The summed E-state index contributed by atoms with van der Waals surface area (Å²) in [6, 6.07) is 0. The van der Waals surface area contributed by atoms with Crippen molar-refractivity contribution in [1.82, 2.24) is 0 Å². The number of hydrogen-bond donors (Lipinski definition) is 3. The molecule has 5 unspecified atom stereocenters. The van der Waals surface area contributed by atoms with Crippen LogP contribution in [0.3, 0.4) is 0 Å². The number of carbonyl (C=O) groups is 4. The molecule has 0 heterocycles. The van der Waals surface area contributed by atoms with E-state index in [9.17, 15) is 43.2 Å². The number of hydrogen-bond acceptors (Lipinski definition) is 15. The Bertz CT molecular complexity index is 2340. The Morgan fingerprint density at radius 3 is 0.908 bits per heavy atom. The second kappa shape index (κ2) is 70.9. The molecular formula is C79H134O17P2. The summed E-state index contributed by atoms with van der Waals surface area (Å²) in [7, 11) is -9.97. The van der Waals surface area contributed by atoms with E-state index in [2.05, 4.69) is 149 Å². The number of rotatable bonds is 70. The van der Waals surface area contributed by atoms with Crippen LogP contribution in [0.15, 0.2) is 122 Å². The Kier molecular flexibility index (Phi) is 67.6. The van der Waals surface area contributed by atoms with Gasteiger partial charge >= 0.3 is 39.5 Å². The molecule has 0 aliphatic rings. The Hall–Kier alpha value is -4.54. The Morgan fingerprint density at radius 2 is 0.561 bits per heavy atom. The van der Waals surface area contributed by atoms with Crippen molar-refractivity contribution in [3.05, 3.63) is 122 Å². The van der Waals surface area contributed by atoms with Crippen LogP contribution in [0.25, 0.3) is 0 Å². The number of esters is 4. The highest BCUT2D eigenvalue weighted by Gasteiger charge is 2.30. The van der Waals surface area contributed by atoms with Crippen molar-refractivity contribution in [3.63, 3.8) is 0 Å². The van der Waals surface area contributed by atoms with Crippen LogP contribution in [0.1, 0.15) is 297 Å². The van der Waals surface area contributed by atoms with Crippen LogP contribution >= 0.6 is 15.6 Å². The molecule has 0 bridgehead atoms. The Morgan fingerprint density at radius 1 is 0.296 bits per heavy atom. The third-order valence-electron chi connectivity index (χ3n) is 15.4. The lowest BCUT2D eigenvalue weighted by Gasteiger charge is -2.21. The Balaban J connectivity index is 5.36. The normalized spacial score (nSPS) is 14.6. The summed E-state index contributed by atoms with van der Waals surface area (Å²) < 4.78 is 68.3. The van der Waals surface area contributed by atoms with E-state index in [1.54, 1.807) is 0 Å². The fourth-order valence-electron chi connectivity index (χ4n) is 9.59. The summed E-state index contributed by atoms with van der Waals surface area (Å²) in [5.74, 6) is -2.25. The van der Waals surface area contributed by atoms with E-state index in [0.29, 0.717) is 25.7 Å². The molecule has 98 heavy (non-hydrogen) atoms. The molecule has 0 amide bonds. The number of aliphatic hydroxyl groups is 1. The molecule has 0 aromatic heterocycles. The van der Waals surface area contributed by atoms with Gasteiger partial charge in [0.25, 0.3) is 0 Å². The first-order valence-electron chi connectivity index (χ1n) is 37.8. The number of phosphoric ester groups is 2. The lowest BCUT2D eigenvalue weighted by molar-refractivity contribution is -0.161. The lowest BCUT2D eigenvalue weighted by atomic mass is 10.1. The molecule has 5 atom stereocenters. The van der Waals surface area contributed by atoms with E-state index >= 15 is 0 Å². The molecular weight excluding hydrogens is 1280 g/mol. The van der Waals surface area contributed by atoms with Crippen LogP contribution in [-0.2, 0) is 65.4 Å². The maximum Gasteiger partial charge on any atom is 0.472 e. The fraction of sp³-hybridized carbons (Fsp3) is 0.696. The first kappa shape index (κ1) is 93.5. The zero-order chi connectivity index (χ0) is 71.8.